The first kappa shape index (κ1) is 16.2. The van der Waals surface area contributed by atoms with Gasteiger partial charge in [-0.2, -0.15) is 0 Å². The molecule has 19 heavy (non-hydrogen) atoms. The molecule has 5 heteroatoms. The third kappa shape index (κ3) is 5.37. The lowest BCUT2D eigenvalue weighted by Gasteiger charge is -2.28. The van der Waals surface area contributed by atoms with Gasteiger partial charge in [-0.15, -0.1) is 0 Å². The Labute approximate surface area is 116 Å². The minimum atomic E-state index is -0.457. The Morgan fingerprint density at radius 2 is 2.05 bits per heavy atom. The van der Waals surface area contributed by atoms with Gasteiger partial charge in [0.15, 0.2) is 0 Å². The van der Waals surface area contributed by atoms with Crippen LogP contribution in [0, 0.1) is 0 Å². The van der Waals surface area contributed by atoms with Crippen LogP contribution in [-0.4, -0.2) is 55.1 Å². The predicted molar refractivity (Wildman–Crippen MR) is 73.3 cm³/mol. The maximum Gasteiger partial charge on any atom is 0.410 e. The molecule has 5 nitrogen and oxygen atoms in total. The van der Waals surface area contributed by atoms with Gasteiger partial charge in [-0.05, 0) is 41.0 Å². The molecule has 0 aromatic carbocycles. The zero-order valence-electron chi connectivity index (χ0n) is 13.0. The predicted octanol–water partition coefficient (Wildman–Crippen LogP) is 2.44. The Morgan fingerprint density at radius 1 is 1.42 bits per heavy atom. The third-order valence-corrected chi connectivity index (χ3v) is 3.16. The molecule has 2 atom stereocenters. The molecule has 0 radical (unpaired) electrons. The Morgan fingerprint density at radius 3 is 2.58 bits per heavy atom. The molecule has 1 aliphatic rings. The van der Waals surface area contributed by atoms with Gasteiger partial charge in [0.25, 0.3) is 0 Å². The van der Waals surface area contributed by atoms with Crippen LogP contribution in [-0.2, 0) is 14.2 Å². The number of hydrogen-bond donors (Lipinski definition) is 0. The molecule has 0 N–H and O–H groups in total. The van der Waals surface area contributed by atoms with Crippen LogP contribution in [0.5, 0.6) is 0 Å². The Hall–Kier alpha value is -0.810. The van der Waals surface area contributed by atoms with E-state index in [0.29, 0.717) is 19.7 Å². The Bertz CT molecular complexity index is 313. The number of rotatable bonds is 4. The van der Waals surface area contributed by atoms with Gasteiger partial charge in [-0.25, -0.2) is 4.79 Å². The number of ether oxygens (including phenoxy) is 3. The first-order valence-corrected chi connectivity index (χ1v) is 6.80. The van der Waals surface area contributed by atoms with Gasteiger partial charge in [0.05, 0.1) is 24.9 Å². The first-order valence-electron chi connectivity index (χ1n) is 6.80. The van der Waals surface area contributed by atoms with E-state index >= 15 is 0 Å². The van der Waals surface area contributed by atoms with E-state index in [1.165, 1.54) is 0 Å². The maximum absolute atomic E-state index is 12.0. The van der Waals surface area contributed by atoms with Crippen LogP contribution < -0.4 is 0 Å². The SMILES string of the molecule is COC(C)COC1(C)CCN(C(=O)OC(C)(C)C)C1. The average molecular weight is 273 g/mol. The van der Waals surface area contributed by atoms with Gasteiger partial charge >= 0.3 is 6.09 Å². The summed E-state index contributed by atoms with van der Waals surface area (Å²) < 4.78 is 16.4. The van der Waals surface area contributed by atoms with Crippen LogP contribution in [0.15, 0.2) is 0 Å². The summed E-state index contributed by atoms with van der Waals surface area (Å²) in [5.74, 6) is 0. The van der Waals surface area contributed by atoms with Gasteiger partial charge in [0.1, 0.15) is 5.60 Å². The molecule has 1 rings (SSSR count). The van der Waals surface area contributed by atoms with Crippen LogP contribution in [0.1, 0.15) is 41.0 Å². The molecule has 1 saturated heterocycles. The molecule has 2 unspecified atom stereocenters. The van der Waals surface area contributed by atoms with Crippen molar-refractivity contribution in [2.45, 2.75) is 58.3 Å². The van der Waals surface area contributed by atoms with Crippen molar-refractivity contribution < 1.29 is 19.0 Å². The lowest BCUT2D eigenvalue weighted by atomic mass is 10.1. The molecule has 0 aromatic rings. The number of amides is 1. The molecule has 1 aliphatic heterocycles. The Balaban J connectivity index is 2.45. The second-order valence-corrected chi connectivity index (χ2v) is 6.46. The summed E-state index contributed by atoms with van der Waals surface area (Å²) in [4.78, 5) is 13.7. The van der Waals surface area contributed by atoms with Crippen molar-refractivity contribution in [1.82, 2.24) is 4.90 Å². The number of likely N-dealkylation sites (tertiary alicyclic amines) is 1. The molecule has 0 bridgehead atoms. The minimum Gasteiger partial charge on any atom is -0.444 e. The zero-order valence-corrected chi connectivity index (χ0v) is 13.0. The Kier molecular flexibility index (Phi) is 5.21. The quantitative estimate of drug-likeness (QED) is 0.789. The van der Waals surface area contributed by atoms with E-state index in [-0.39, 0.29) is 17.8 Å². The van der Waals surface area contributed by atoms with Crippen LogP contribution in [0.3, 0.4) is 0 Å². The van der Waals surface area contributed by atoms with Gasteiger partial charge in [-0.3, -0.25) is 0 Å². The largest absolute Gasteiger partial charge is 0.444 e. The minimum absolute atomic E-state index is 0.0624. The number of methoxy groups -OCH3 is 1. The van der Waals surface area contributed by atoms with Gasteiger partial charge < -0.3 is 19.1 Å². The summed E-state index contributed by atoms with van der Waals surface area (Å²) in [6.45, 7) is 11.4. The fourth-order valence-corrected chi connectivity index (χ4v) is 1.92. The van der Waals surface area contributed by atoms with Gasteiger partial charge in [-0.1, -0.05) is 0 Å². The van der Waals surface area contributed by atoms with Crippen molar-refractivity contribution in [3.63, 3.8) is 0 Å². The van der Waals surface area contributed by atoms with E-state index in [1.54, 1.807) is 12.0 Å². The summed E-state index contributed by atoms with van der Waals surface area (Å²) >= 11 is 0. The highest BCUT2D eigenvalue weighted by atomic mass is 16.6. The van der Waals surface area contributed by atoms with Gasteiger partial charge in [0, 0.05) is 13.7 Å². The molecule has 0 aromatic heterocycles. The summed E-state index contributed by atoms with van der Waals surface area (Å²) in [6.07, 6.45) is 0.620. The molecule has 112 valence electrons. The number of nitrogens with zero attached hydrogens (tertiary/aromatic N) is 1. The molecule has 1 fully saturated rings. The molecular weight excluding hydrogens is 246 g/mol. The highest BCUT2D eigenvalue weighted by molar-refractivity contribution is 5.68. The monoisotopic (exact) mass is 273 g/mol. The summed E-state index contributed by atoms with van der Waals surface area (Å²) in [5.41, 5.74) is -0.759. The standard InChI is InChI=1S/C14H27NO4/c1-11(17-6)9-18-14(5)7-8-15(10-14)12(16)19-13(2,3)4/h11H,7-10H2,1-6H3. The summed E-state index contributed by atoms with van der Waals surface area (Å²) in [7, 11) is 1.66. The average Bonchev–Trinajstić information content (AvgIpc) is 2.67. The lowest BCUT2D eigenvalue weighted by molar-refractivity contribution is -0.0686. The molecule has 0 saturated carbocycles. The molecule has 1 heterocycles. The summed E-state index contributed by atoms with van der Waals surface area (Å²) in [6, 6.07) is 0. The molecule has 0 aliphatic carbocycles. The highest BCUT2D eigenvalue weighted by Crippen LogP contribution is 2.26. The number of carbonyl (C=O) groups excluding carboxylic acids is 1. The number of hydrogen-bond acceptors (Lipinski definition) is 4. The molecule has 0 spiro atoms. The topological polar surface area (TPSA) is 48.0 Å². The lowest BCUT2D eigenvalue weighted by Crippen LogP contribution is -2.40. The van der Waals surface area contributed by atoms with Crippen molar-refractivity contribution in [3.05, 3.63) is 0 Å². The van der Waals surface area contributed by atoms with E-state index in [0.717, 1.165) is 6.42 Å². The van der Waals surface area contributed by atoms with E-state index in [9.17, 15) is 4.79 Å². The third-order valence-electron chi connectivity index (χ3n) is 3.16. The van der Waals surface area contributed by atoms with Crippen LogP contribution in [0.2, 0.25) is 0 Å². The van der Waals surface area contributed by atoms with E-state index in [1.807, 2.05) is 34.6 Å². The molecular formula is C14H27NO4. The number of carbonyl (C=O) groups is 1. The molecule has 1 amide bonds. The van der Waals surface area contributed by atoms with E-state index in [2.05, 4.69) is 0 Å². The van der Waals surface area contributed by atoms with Crippen molar-refractivity contribution in [2.24, 2.45) is 0 Å². The normalized spacial score (nSPS) is 25.5. The van der Waals surface area contributed by atoms with Crippen LogP contribution >= 0.6 is 0 Å². The van der Waals surface area contributed by atoms with Crippen molar-refractivity contribution in [3.8, 4) is 0 Å². The van der Waals surface area contributed by atoms with E-state index < -0.39 is 5.60 Å². The fraction of sp³-hybridized carbons (Fsp3) is 0.929. The second-order valence-electron chi connectivity index (χ2n) is 6.46. The maximum atomic E-state index is 12.0. The van der Waals surface area contributed by atoms with E-state index in [4.69, 9.17) is 14.2 Å². The zero-order chi connectivity index (χ0) is 14.7. The van der Waals surface area contributed by atoms with Crippen LogP contribution in [0.4, 0.5) is 4.79 Å². The van der Waals surface area contributed by atoms with Crippen molar-refractivity contribution in [2.75, 3.05) is 26.8 Å². The smallest absolute Gasteiger partial charge is 0.410 e. The van der Waals surface area contributed by atoms with Crippen molar-refractivity contribution in [1.29, 1.82) is 0 Å². The first-order chi connectivity index (χ1) is 8.65. The van der Waals surface area contributed by atoms with Crippen molar-refractivity contribution >= 4 is 6.09 Å². The van der Waals surface area contributed by atoms with Gasteiger partial charge in [0.2, 0.25) is 0 Å². The van der Waals surface area contributed by atoms with Crippen LogP contribution in [0.25, 0.3) is 0 Å². The second kappa shape index (κ2) is 6.09. The highest BCUT2D eigenvalue weighted by Gasteiger charge is 2.38. The fourth-order valence-electron chi connectivity index (χ4n) is 1.92. The summed E-state index contributed by atoms with van der Waals surface area (Å²) in [5, 5.41) is 0.